The maximum atomic E-state index is 13.9. The van der Waals surface area contributed by atoms with E-state index in [1.807, 2.05) is 26.1 Å². The van der Waals surface area contributed by atoms with Gasteiger partial charge in [0.25, 0.3) is 0 Å². The fourth-order valence-electron chi connectivity index (χ4n) is 5.23. The van der Waals surface area contributed by atoms with Gasteiger partial charge in [0.15, 0.2) is 17.3 Å². The third-order valence-electron chi connectivity index (χ3n) is 6.72. The lowest BCUT2D eigenvalue weighted by atomic mass is 9.92. The van der Waals surface area contributed by atoms with Crippen LogP contribution in [0.25, 0.3) is 16.8 Å². The van der Waals surface area contributed by atoms with E-state index in [0.717, 1.165) is 54.1 Å². The number of aryl methyl sites for hydroxylation is 2. The number of rotatable bonds is 4. The Hall–Kier alpha value is -3.14. The molecule has 1 aliphatic carbocycles. The number of aromatic nitrogens is 5. The Morgan fingerprint density at radius 2 is 1.82 bits per heavy atom. The van der Waals surface area contributed by atoms with Crippen LogP contribution in [0.4, 0.5) is 19.9 Å². The van der Waals surface area contributed by atoms with Crippen LogP contribution in [-0.4, -0.2) is 43.1 Å². The molecule has 2 atom stereocenters. The van der Waals surface area contributed by atoms with Crippen LogP contribution in [0.15, 0.2) is 30.5 Å². The molecule has 1 saturated heterocycles. The Bertz CT molecular complexity index is 1340. The monoisotopic (exact) mass is 467 g/mol. The highest BCUT2D eigenvalue weighted by Crippen LogP contribution is 2.40. The average Bonchev–Trinajstić information content (AvgIpc) is 3.45. The molecule has 170 valence electrons. The molecule has 4 heterocycles. The van der Waals surface area contributed by atoms with E-state index in [1.165, 1.54) is 17.6 Å². The van der Waals surface area contributed by atoms with Crippen molar-refractivity contribution in [2.24, 2.45) is 11.8 Å². The van der Waals surface area contributed by atoms with Crippen LogP contribution in [0, 0.1) is 37.3 Å². The van der Waals surface area contributed by atoms with Crippen LogP contribution in [0.3, 0.4) is 0 Å². The lowest BCUT2D eigenvalue weighted by Crippen LogP contribution is -2.48. The SMILES string of the molecule is Cc1cc(-c2ccc(F)c(F)c2)c2nc(NC3C4CCC3CN(c3nc(C)ns3)C4)nn2c1. The third kappa shape index (κ3) is 3.62. The second kappa shape index (κ2) is 7.72. The molecule has 0 spiro atoms. The Kier molecular flexibility index (Phi) is 4.79. The quantitative estimate of drug-likeness (QED) is 0.478. The summed E-state index contributed by atoms with van der Waals surface area (Å²) in [6.07, 6.45) is 4.21. The van der Waals surface area contributed by atoms with Gasteiger partial charge in [0, 0.05) is 42.4 Å². The van der Waals surface area contributed by atoms with Gasteiger partial charge in [-0.1, -0.05) is 6.07 Å². The smallest absolute Gasteiger partial charge is 0.243 e. The summed E-state index contributed by atoms with van der Waals surface area (Å²) in [7, 11) is 0. The van der Waals surface area contributed by atoms with Gasteiger partial charge in [-0.25, -0.2) is 18.3 Å². The van der Waals surface area contributed by atoms with Crippen molar-refractivity contribution in [3.8, 4) is 11.1 Å². The maximum absolute atomic E-state index is 13.9. The summed E-state index contributed by atoms with van der Waals surface area (Å²) in [6.45, 7) is 5.75. The molecule has 0 amide bonds. The molecule has 2 bridgehead atoms. The predicted molar refractivity (Wildman–Crippen MR) is 124 cm³/mol. The largest absolute Gasteiger partial charge is 0.349 e. The van der Waals surface area contributed by atoms with Crippen LogP contribution < -0.4 is 10.2 Å². The second-order valence-electron chi connectivity index (χ2n) is 9.06. The van der Waals surface area contributed by atoms with E-state index in [1.54, 1.807) is 10.6 Å². The van der Waals surface area contributed by atoms with Crippen LogP contribution in [0.5, 0.6) is 0 Å². The van der Waals surface area contributed by atoms with Crippen LogP contribution >= 0.6 is 11.5 Å². The van der Waals surface area contributed by atoms with Crippen molar-refractivity contribution in [2.75, 3.05) is 23.3 Å². The first-order valence-corrected chi connectivity index (χ1v) is 11.9. The van der Waals surface area contributed by atoms with Gasteiger partial charge in [0.1, 0.15) is 5.82 Å². The number of nitrogens with zero attached hydrogens (tertiary/aromatic N) is 6. The fraction of sp³-hybridized carbons (Fsp3) is 0.391. The molecule has 3 aromatic heterocycles. The molecule has 33 heavy (non-hydrogen) atoms. The van der Waals surface area contributed by atoms with Gasteiger partial charge in [-0.05, 0) is 67.9 Å². The van der Waals surface area contributed by atoms with Crippen molar-refractivity contribution < 1.29 is 8.78 Å². The molecule has 6 rings (SSSR count). The Morgan fingerprint density at radius 1 is 1.03 bits per heavy atom. The summed E-state index contributed by atoms with van der Waals surface area (Å²) in [4.78, 5) is 11.7. The van der Waals surface area contributed by atoms with Crippen molar-refractivity contribution in [1.29, 1.82) is 0 Å². The molecule has 2 aliphatic rings. The second-order valence-corrected chi connectivity index (χ2v) is 9.79. The molecule has 1 N–H and O–H groups in total. The summed E-state index contributed by atoms with van der Waals surface area (Å²) in [5, 5.41) is 9.26. The van der Waals surface area contributed by atoms with E-state index in [9.17, 15) is 8.78 Å². The summed E-state index contributed by atoms with van der Waals surface area (Å²) in [5.74, 6) is 0.602. The van der Waals surface area contributed by atoms with Gasteiger partial charge < -0.3 is 10.2 Å². The highest BCUT2D eigenvalue weighted by Gasteiger charge is 2.43. The van der Waals surface area contributed by atoms with Gasteiger partial charge in [-0.15, -0.1) is 5.10 Å². The molecule has 1 aromatic carbocycles. The number of pyridine rings is 1. The third-order valence-corrected chi connectivity index (χ3v) is 7.59. The number of piperidine rings is 1. The normalized spacial score (nSPS) is 22.3. The predicted octanol–water partition coefficient (Wildman–Crippen LogP) is 4.47. The zero-order valence-electron chi connectivity index (χ0n) is 18.3. The summed E-state index contributed by atoms with van der Waals surface area (Å²) in [5.41, 5.74) is 2.86. The summed E-state index contributed by atoms with van der Waals surface area (Å²) < 4.78 is 33.4. The molecule has 10 heteroatoms. The highest BCUT2D eigenvalue weighted by atomic mass is 32.1. The number of fused-ring (bicyclic) bond motifs is 3. The van der Waals surface area contributed by atoms with Crippen molar-refractivity contribution in [3.63, 3.8) is 0 Å². The van der Waals surface area contributed by atoms with Crippen molar-refractivity contribution >= 4 is 28.3 Å². The first-order chi connectivity index (χ1) is 15.9. The molecule has 2 unspecified atom stereocenters. The molecule has 0 radical (unpaired) electrons. The van der Waals surface area contributed by atoms with Crippen molar-refractivity contribution in [2.45, 2.75) is 32.7 Å². The molecule has 2 fully saturated rings. The first kappa shape index (κ1) is 20.5. The summed E-state index contributed by atoms with van der Waals surface area (Å²) >= 11 is 1.46. The zero-order chi connectivity index (χ0) is 22.7. The fourth-order valence-corrected chi connectivity index (χ4v) is 5.93. The van der Waals surface area contributed by atoms with Crippen LogP contribution in [0.1, 0.15) is 24.2 Å². The standard InChI is InChI=1S/C23H23F2N7S/c1-12-7-17(14-5-6-18(24)19(25)8-14)21-28-22(29-32(21)9-12)27-20-15-3-4-16(20)11-31(10-15)23-26-13(2)30-33-23/h5-9,15-16,20H,3-4,10-11H2,1-2H3,(H,27,29). The Morgan fingerprint density at radius 3 is 2.52 bits per heavy atom. The van der Waals surface area contributed by atoms with E-state index in [4.69, 9.17) is 4.98 Å². The van der Waals surface area contributed by atoms with Crippen LogP contribution in [-0.2, 0) is 0 Å². The van der Waals surface area contributed by atoms with Crippen LogP contribution in [0.2, 0.25) is 0 Å². The minimum absolute atomic E-state index is 0.292. The number of halogens is 2. The average molecular weight is 468 g/mol. The number of hydrogen-bond acceptors (Lipinski definition) is 7. The Balaban J connectivity index is 1.28. The van der Waals surface area contributed by atoms with E-state index in [2.05, 4.69) is 24.7 Å². The van der Waals surface area contributed by atoms with E-state index in [0.29, 0.717) is 35.0 Å². The van der Waals surface area contributed by atoms with Gasteiger partial charge in [-0.3, -0.25) is 0 Å². The molecule has 4 aromatic rings. The number of benzene rings is 1. The van der Waals surface area contributed by atoms with Crippen molar-refractivity contribution in [3.05, 3.63) is 53.5 Å². The number of hydrogen-bond donors (Lipinski definition) is 1. The van der Waals surface area contributed by atoms with E-state index in [-0.39, 0.29) is 0 Å². The van der Waals surface area contributed by atoms with E-state index >= 15 is 0 Å². The minimum Gasteiger partial charge on any atom is -0.349 e. The van der Waals surface area contributed by atoms with Crippen molar-refractivity contribution in [1.82, 2.24) is 24.0 Å². The lowest BCUT2D eigenvalue weighted by Gasteiger charge is -2.37. The van der Waals surface area contributed by atoms with Gasteiger partial charge in [0.2, 0.25) is 11.1 Å². The topological polar surface area (TPSA) is 71.2 Å². The number of anilines is 2. The Labute approximate surface area is 193 Å². The van der Waals surface area contributed by atoms with Gasteiger partial charge in [0.05, 0.1) is 0 Å². The lowest BCUT2D eigenvalue weighted by molar-refractivity contribution is 0.376. The van der Waals surface area contributed by atoms with Gasteiger partial charge >= 0.3 is 0 Å². The van der Waals surface area contributed by atoms with E-state index < -0.39 is 11.6 Å². The molecular weight excluding hydrogens is 444 g/mol. The molecule has 1 saturated carbocycles. The summed E-state index contributed by atoms with van der Waals surface area (Å²) in [6, 6.07) is 6.13. The molecular formula is C23H23F2N7S. The molecule has 7 nitrogen and oxygen atoms in total. The maximum Gasteiger partial charge on any atom is 0.243 e. The first-order valence-electron chi connectivity index (χ1n) is 11.1. The minimum atomic E-state index is -0.876. The zero-order valence-corrected chi connectivity index (χ0v) is 19.1. The highest BCUT2D eigenvalue weighted by molar-refractivity contribution is 7.09. The molecule has 1 aliphatic heterocycles. The van der Waals surface area contributed by atoms with Gasteiger partial charge in [-0.2, -0.15) is 9.36 Å². The number of nitrogens with one attached hydrogen (secondary N) is 1.